The molecule has 0 spiro atoms. The van der Waals surface area contributed by atoms with E-state index in [-0.39, 0.29) is 6.04 Å². The SMILES string of the molecule is CC(N)CCS(=O)Cc1cncs1. The standard InChI is InChI=1S/C8H14N2OS2/c1-7(9)2-3-13(11)5-8-4-10-6-12-8/h4,6-7H,2-3,5,9H2,1H3. The van der Waals surface area contributed by atoms with E-state index in [1.165, 1.54) is 0 Å². The van der Waals surface area contributed by atoms with Gasteiger partial charge in [0, 0.05) is 33.7 Å². The number of nitrogens with zero attached hydrogens (tertiary/aromatic N) is 1. The summed E-state index contributed by atoms with van der Waals surface area (Å²) in [6.45, 7) is 1.93. The maximum Gasteiger partial charge on any atom is 0.0794 e. The van der Waals surface area contributed by atoms with Crippen molar-refractivity contribution in [1.82, 2.24) is 4.98 Å². The van der Waals surface area contributed by atoms with Gasteiger partial charge < -0.3 is 5.73 Å². The van der Waals surface area contributed by atoms with Gasteiger partial charge in [0.15, 0.2) is 0 Å². The van der Waals surface area contributed by atoms with Crippen LogP contribution in [0.1, 0.15) is 18.2 Å². The molecule has 0 saturated heterocycles. The Hall–Kier alpha value is -0.260. The van der Waals surface area contributed by atoms with Crippen molar-refractivity contribution in [2.45, 2.75) is 25.1 Å². The van der Waals surface area contributed by atoms with Crippen LogP contribution in [-0.2, 0) is 16.6 Å². The Morgan fingerprint density at radius 2 is 2.54 bits per heavy atom. The van der Waals surface area contributed by atoms with Crippen molar-refractivity contribution < 1.29 is 4.21 Å². The van der Waals surface area contributed by atoms with E-state index in [9.17, 15) is 4.21 Å². The summed E-state index contributed by atoms with van der Waals surface area (Å²) >= 11 is 1.55. The van der Waals surface area contributed by atoms with Gasteiger partial charge in [0.1, 0.15) is 0 Å². The van der Waals surface area contributed by atoms with Crippen molar-refractivity contribution in [1.29, 1.82) is 0 Å². The van der Waals surface area contributed by atoms with Gasteiger partial charge >= 0.3 is 0 Å². The van der Waals surface area contributed by atoms with Gasteiger partial charge in [0.25, 0.3) is 0 Å². The molecule has 0 radical (unpaired) electrons. The molecule has 0 saturated carbocycles. The summed E-state index contributed by atoms with van der Waals surface area (Å²) in [6.07, 6.45) is 2.60. The van der Waals surface area contributed by atoms with E-state index in [0.29, 0.717) is 11.5 Å². The highest BCUT2D eigenvalue weighted by atomic mass is 32.2. The molecule has 0 aliphatic heterocycles. The summed E-state index contributed by atoms with van der Waals surface area (Å²) in [5.41, 5.74) is 7.33. The Kier molecular flexibility index (Phi) is 4.55. The van der Waals surface area contributed by atoms with E-state index >= 15 is 0 Å². The molecule has 13 heavy (non-hydrogen) atoms. The highest BCUT2D eigenvalue weighted by molar-refractivity contribution is 7.84. The van der Waals surface area contributed by atoms with Gasteiger partial charge in [-0.2, -0.15) is 0 Å². The van der Waals surface area contributed by atoms with E-state index in [0.717, 1.165) is 11.3 Å². The zero-order valence-electron chi connectivity index (χ0n) is 7.60. The fourth-order valence-corrected chi connectivity index (χ4v) is 3.08. The minimum absolute atomic E-state index is 0.144. The fourth-order valence-electron chi connectivity index (χ4n) is 0.862. The zero-order chi connectivity index (χ0) is 9.68. The van der Waals surface area contributed by atoms with Crippen molar-refractivity contribution >= 4 is 22.1 Å². The van der Waals surface area contributed by atoms with Gasteiger partial charge in [0.2, 0.25) is 0 Å². The minimum Gasteiger partial charge on any atom is -0.328 e. The first-order valence-corrected chi connectivity index (χ1v) is 6.53. The number of hydrogen-bond donors (Lipinski definition) is 1. The Morgan fingerprint density at radius 3 is 3.08 bits per heavy atom. The average molecular weight is 218 g/mol. The molecular weight excluding hydrogens is 204 g/mol. The van der Waals surface area contributed by atoms with Gasteiger partial charge in [-0.05, 0) is 13.3 Å². The summed E-state index contributed by atoms with van der Waals surface area (Å²) in [6, 6.07) is 0.144. The lowest BCUT2D eigenvalue weighted by Crippen LogP contribution is -2.18. The van der Waals surface area contributed by atoms with Crippen LogP contribution >= 0.6 is 11.3 Å². The zero-order valence-corrected chi connectivity index (χ0v) is 9.24. The molecule has 3 nitrogen and oxygen atoms in total. The minimum atomic E-state index is -0.780. The molecule has 0 amide bonds. The first kappa shape index (κ1) is 10.8. The summed E-state index contributed by atoms with van der Waals surface area (Å²) in [5, 5.41) is 0. The van der Waals surface area contributed by atoms with E-state index in [2.05, 4.69) is 4.98 Å². The molecule has 1 heterocycles. The van der Waals surface area contributed by atoms with Crippen LogP contribution in [0.25, 0.3) is 0 Å². The fraction of sp³-hybridized carbons (Fsp3) is 0.625. The van der Waals surface area contributed by atoms with Crippen LogP contribution in [0.15, 0.2) is 11.7 Å². The molecule has 0 bridgehead atoms. The third-order valence-electron chi connectivity index (χ3n) is 1.59. The summed E-state index contributed by atoms with van der Waals surface area (Å²) in [7, 11) is -0.780. The number of nitrogens with two attached hydrogens (primary N) is 1. The largest absolute Gasteiger partial charge is 0.328 e. The Morgan fingerprint density at radius 1 is 1.77 bits per heavy atom. The number of hydrogen-bond acceptors (Lipinski definition) is 4. The molecule has 5 heteroatoms. The number of thiazole rings is 1. The summed E-state index contributed by atoms with van der Waals surface area (Å²) < 4.78 is 11.4. The Labute approximate surface area is 84.8 Å². The molecule has 2 N–H and O–H groups in total. The van der Waals surface area contributed by atoms with Crippen molar-refractivity contribution in [3.8, 4) is 0 Å². The molecule has 0 aliphatic carbocycles. The maximum atomic E-state index is 11.4. The lowest BCUT2D eigenvalue weighted by atomic mass is 10.3. The molecule has 1 rings (SSSR count). The third kappa shape index (κ3) is 4.50. The van der Waals surface area contributed by atoms with Crippen LogP contribution < -0.4 is 5.73 Å². The second-order valence-electron chi connectivity index (χ2n) is 3.02. The normalized spacial score (nSPS) is 15.5. The van der Waals surface area contributed by atoms with Gasteiger partial charge in [-0.1, -0.05) is 0 Å². The molecule has 1 aromatic rings. The van der Waals surface area contributed by atoms with Crippen LogP contribution in [-0.4, -0.2) is 21.0 Å². The lowest BCUT2D eigenvalue weighted by Gasteiger charge is -2.03. The van der Waals surface area contributed by atoms with Crippen LogP contribution in [0.4, 0.5) is 0 Å². The van der Waals surface area contributed by atoms with E-state index < -0.39 is 10.8 Å². The Bertz CT molecular complexity index is 259. The van der Waals surface area contributed by atoms with E-state index in [1.807, 2.05) is 6.92 Å². The van der Waals surface area contributed by atoms with E-state index in [1.54, 1.807) is 23.0 Å². The van der Waals surface area contributed by atoms with Crippen LogP contribution in [0.5, 0.6) is 0 Å². The first-order valence-electron chi connectivity index (χ1n) is 4.16. The topological polar surface area (TPSA) is 56.0 Å². The lowest BCUT2D eigenvalue weighted by molar-refractivity contribution is 0.667. The van der Waals surface area contributed by atoms with Crippen molar-refractivity contribution in [3.63, 3.8) is 0 Å². The van der Waals surface area contributed by atoms with Crippen molar-refractivity contribution in [3.05, 3.63) is 16.6 Å². The highest BCUT2D eigenvalue weighted by Crippen LogP contribution is 2.09. The van der Waals surface area contributed by atoms with Gasteiger partial charge in [-0.3, -0.25) is 9.19 Å². The van der Waals surface area contributed by atoms with Crippen molar-refractivity contribution in [2.75, 3.05) is 5.75 Å². The second kappa shape index (κ2) is 5.47. The van der Waals surface area contributed by atoms with Gasteiger partial charge in [-0.15, -0.1) is 11.3 Å². The van der Waals surface area contributed by atoms with E-state index in [4.69, 9.17) is 5.73 Å². The van der Waals surface area contributed by atoms with Gasteiger partial charge in [-0.25, -0.2) is 0 Å². The van der Waals surface area contributed by atoms with Crippen LogP contribution in [0.3, 0.4) is 0 Å². The first-order chi connectivity index (χ1) is 6.18. The molecule has 2 atom stereocenters. The average Bonchev–Trinajstić information content (AvgIpc) is 2.53. The number of rotatable bonds is 5. The maximum absolute atomic E-state index is 11.4. The number of aromatic nitrogens is 1. The molecule has 0 aromatic carbocycles. The highest BCUT2D eigenvalue weighted by Gasteiger charge is 2.04. The van der Waals surface area contributed by atoms with Crippen molar-refractivity contribution in [2.24, 2.45) is 5.73 Å². The molecular formula is C8H14N2OS2. The monoisotopic (exact) mass is 218 g/mol. The molecule has 0 fully saturated rings. The molecule has 74 valence electrons. The summed E-state index contributed by atoms with van der Waals surface area (Å²) in [4.78, 5) is 5.02. The van der Waals surface area contributed by atoms with Crippen LogP contribution in [0, 0.1) is 0 Å². The quantitative estimate of drug-likeness (QED) is 0.806. The predicted molar refractivity (Wildman–Crippen MR) is 57.1 cm³/mol. The summed E-state index contributed by atoms with van der Waals surface area (Å²) in [5.74, 6) is 1.31. The predicted octanol–water partition coefficient (Wildman–Crippen LogP) is 1.13. The Balaban J connectivity index is 2.26. The van der Waals surface area contributed by atoms with Crippen LogP contribution in [0.2, 0.25) is 0 Å². The molecule has 1 aromatic heterocycles. The third-order valence-corrected chi connectivity index (χ3v) is 3.87. The smallest absolute Gasteiger partial charge is 0.0794 e. The van der Waals surface area contributed by atoms with Gasteiger partial charge in [0.05, 0.1) is 11.3 Å². The molecule has 2 unspecified atom stereocenters. The second-order valence-corrected chi connectivity index (χ2v) is 5.57. The molecule has 0 aliphatic rings.